The number of hydrogen-bond acceptors (Lipinski definition) is 4. The molecule has 1 saturated carbocycles. The summed E-state index contributed by atoms with van der Waals surface area (Å²) in [4.78, 5) is 5.09. The van der Waals surface area contributed by atoms with Crippen LogP contribution in [0.1, 0.15) is 19.3 Å². The summed E-state index contributed by atoms with van der Waals surface area (Å²) in [6.45, 7) is 1.11. The summed E-state index contributed by atoms with van der Waals surface area (Å²) in [7, 11) is 1.63. The molecule has 1 aliphatic rings. The van der Waals surface area contributed by atoms with Crippen LogP contribution in [0.5, 0.6) is 0 Å². The third-order valence-corrected chi connectivity index (χ3v) is 2.10. The Kier molecular flexibility index (Phi) is 4.53. The van der Waals surface area contributed by atoms with E-state index in [2.05, 4.69) is 5.48 Å². The van der Waals surface area contributed by atoms with Crippen LogP contribution in [0, 0.1) is 0 Å². The molecule has 0 aromatic rings. The second-order valence-electron chi connectivity index (χ2n) is 3.06. The molecule has 12 heavy (non-hydrogen) atoms. The van der Waals surface area contributed by atoms with Crippen molar-refractivity contribution in [2.45, 2.75) is 31.4 Å². The highest BCUT2D eigenvalue weighted by molar-refractivity contribution is 4.79. The number of hydrogen-bond donors (Lipinski definition) is 2. The molecule has 0 radical (unpaired) electrons. The van der Waals surface area contributed by atoms with E-state index in [1.807, 2.05) is 0 Å². The van der Waals surface area contributed by atoms with E-state index in [9.17, 15) is 5.11 Å². The van der Waals surface area contributed by atoms with Gasteiger partial charge < -0.3 is 9.84 Å². The average Bonchev–Trinajstić information content (AvgIpc) is 2.46. The van der Waals surface area contributed by atoms with Gasteiger partial charge in [-0.2, -0.15) is 5.48 Å². The Hall–Kier alpha value is -0.160. The zero-order chi connectivity index (χ0) is 8.81. The van der Waals surface area contributed by atoms with Gasteiger partial charge in [0.05, 0.1) is 25.4 Å². The van der Waals surface area contributed by atoms with Gasteiger partial charge >= 0.3 is 0 Å². The van der Waals surface area contributed by atoms with Gasteiger partial charge in [-0.05, 0) is 19.3 Å². The Morgan fingerprint density at radius 3 is 2.83 bits per heavy atom. The quantitative estimate of drug-likeness (QED) is 0.458. The summed E-state index contributed by atoms with van der Waals surface area (Å²) in [5.74, 6) is 0. The SMILES string of the molecule is COCCON[C@@H]1CCC[C@H]1O. The van der Waals surface area contributed by atoms with Crippen LogP contribution in [0.15, 0.2) is 0 Å². The van der Waals surface area contributed by atoms with Crippen LogP contribution in [0.25, 0.3) is 0 Å². The van der Waals surface area contributed by atoms with Crippen LogP contribution in [0.2, 0.25) is 0 Å². The lowest BCUT2D eigenvalue weighted by Crippen LogP contribution is -2.36. The first-order chi connectivity index (χ1) is 5.84. The number of nitrogens with one attached hydrogen (secondary N) is 1. The van der Waals surface area contributed by atoms with Crippen LogP contribution < -0.4 is 5.48 Å². The monoisotopic (exact) mass is 175 g/mol. The van der Waals surface area contributed by atoms with E-state index in [-0.39, 0.29) is 12.1 Å². The lowest BCUT2D eigenvalue weighted by Gasteiger charge is -2.15. The minimum atomic E-state index is -0.243. The second kappa shape index (κ2) is 5.48. The summed E-state index contributed by atoms with van der Waals surface area (Å²) in [6.07, 6.45) is 2.71. The highest BCUT2D eigenvalue weighted by Gasteiger charge is 2.24. The van der Waals surface area contributed by atoms with Gasteiger partial charge in [0.25, 0.3) is 0 Å². The van der Waals surface area contributed by atoms with Gasteiger partial charge in [0.2, 0.25) is 0 Å². The van der Waals surface area contributed by atoms with E-state index in [0.29, 0.717) is 13.2 Å². The number of rotatable bonds is 5. The van der Waals surface area contributed by atoms with Crippen molar-refractivity contribution in [2.75, 3.05) is 20.3 Å². The van der Waals surface area contributed by atoms with Crippen LogP contribution in [0.3, 0.4) is 0 Å². The molecule has 0 amide bonds. The maximum atomic E-state index is 9.37. The normalized spacial score (nSPS) is 29.5. The highest BCUT2D eigenvalue weighted by Crippen LogP contribution is 2.18. The predicted octanol–water partition coefficient (Wildman–Crippen LogP) is 0.0674. The molecule has 0 bridgehead atoms. The molecule has 4 heteroatoms. The maximum absolute atomic E-state index is 9.37. The van der Waals surface area contributed by atoms with Gasteiger partial charge in [-0.15, -0.1) is 0 Å². The van der Waals surface area contributed by atoms with Crippen molar-refractivity contribution in [2.24, 2.45) is 0 Å². The molecule has 72 valence electrons. The molecule has 1 aliphatic carbocycles. The summed E-state index contributed by atoms with van der Waals surface area (Å²) < 4.78 is 4.81. The molecule has 0 saturated heterocycles. The third-order valence-electron chi connectivity index (χ3n) is 2.10. The van der Waals surface area contributed by atoms with Gasteiger partial charge in [-0.3, -0.25) is 4.84 Å². The Morgan fingerprint density at radius 2 is 2.25 bits per heavy atom. The second-order valence-corrected chi connectivity index (χ2v) is 3.06. The maximum Gasteiger partial charge on any atom is 0.0916 e. The van der Waals surface area contributed by atoms with Crippen molar-refractivity contribution in [3.05, 3.63) is 0 Å². The molecule has 0 aromatic carbocycles. The Morgan fingerprint density at radius 1 is 1.42 bits per heavy atom. The molecule has 2 N–H and O–H groups in total. The minimum absolute atomic E-state index is 0.113. The molecule has 0 aromatic heterocycles. The number of hydroxylamine groups is 1. The number of aliphatic hydroxyl groups excluding tert-OH is 1. The first-order valence-corrected chi connectivity index (χ1v) is 4.39. The fraction of sp³-hybridized carbons (Fsp3) is 1.00. The van der Waals surface area contributed by atoms with Crippen molar-refractivity contribution < 1.29 is 14.7 Å². The van der Waals surface area contributed by atoms with E-state index in [1.165, 1.54) is 0 Å². The third kappa shape index (κ3) is 3.06. The fourth-order valence-corrected chi connectivity index (χ4v) is 1.37. The standard InChI is InChI=1S/C8H17NO3/c1-11-5-6-12-9-7-3-2-4-8(7)10/h7-10H,2-6H2,1H3/t7-,8-/m1/s1. The first-order valence-electron chi connectivity index (χ1n) is 4.39. The molecule has 0 aliphatic heterocycles. The Bertz CT molecular complexity index is 121. The van der Waals surface area contributed by atoms with E-state index in [4.69, 9.17) is 9.57 Å². The van der Waals surface area contributed by atoms with Gasteiger partial charge in [0.1, 0.15) is 0 Å². The predicted molar refractivity (Wildman–Crippen MR) is 44.6 cm³/mol. The molecule has 2 atom stereocenters. The molecule has 0 unspecified atom stereocenters. The average molecular weight is 175 g/mol. The summed E-state index contributed by atoms with van der Waals surface area (Å²) in [5, 5.41) is 9.37. The van der Waals surface area contributed by atoms with Crippen molar-refractivity contribution in [1.29, 1.82) is 0 Å². The molecule has 0 spiro atoms. The summed E-state index contributed by atoms with van der Waals surface area (Å²) in [6, 6.07) is 0.113. The van der Waals surface area contributed by atoms with E-state index in [0.717, 1.165) is 19.3 Å². The molecular formula is C8H17NO3. The highest BCUT2D eigenvalue weighted by atomic mass is 16.7. The molecular weight excluding hydrogens is 158 g/mol. The topological polar surface area (TPSA) is 50.7 Å². The van der Waals surface area contributed by atoms with Crippen molar-refractivity contribution in [3.8, 4) is 0 Å². The number of ether oxygens (including phenoxy) is 1. The Balaban J connectivity index is 1.98. The van der Waals surface area contributed by atoms with Crippen molar-refractivity contribution in [1.82, 2.24) is 5.48 Å². The molecule has 1 fully saturated rings. The van der Waals surface area contributed by atoms with Crippen molar-refractivity contribution >= 4 is 0 Å². The van der Waals surface area contributed by atoms with E-state index < -0.39 is 0 Å². The molecule has 4 nitrogen and oxygen atoms in total. The van der Waals surface area contributed by atoms with Gasteiger partial charge in [-0.1, -0.05) is 0 Å². The first kappa shape index (κ1) is 9.92. The van der Waals surface area contributed by atoms with Gasteiger partial charge in [-0.25, -0.2) is 0 Å². The van der Waals surface area contributed by atoms with Crippen LogP contribution in [0.4, 0.5) is 0 Å². The zero-order valence-corrected chi connectivity index (χ0v) is 7.45. The minimum Gasteiger partial charge on any atom is -0.391 e. The van der Waals surface area contributed by atoms with Crippen molar-refractivity contribution in [3.63, 3.8) is 0 Å². The summed E-state index contributed by atoms with van der Waals surface area (Å²) >= 11 is 0. The zero-order valence-electron chi connectivity index (χ0n) is 7.45. The van der Waals surface area contributed by atoms with Crippen LogP contribution in [-0.4, -0.2) is 37.6 Å². The smallest absolute Gasteiger partial charge is 0.0916 e. The largest absolute Gasteiger partial charge is 0.391 e. The summed E-state index contributed by atoms with van der Waals surface area (Å²) in [5.41, 5.74) is 2.84. The fourth-order valence-electron chi connectivity index (χ4n) is 1.37. The van der Waals surface area contributed by atoms with E-state index in [1.54, 1.807) is 7.11 Å². The number of aliphatic hydroxyl groups is 1. The molecule has 0 heterocycles. The van der Waals surface area contributed by atoms with E-state index >= 15 is 0 Å². The van der Waals surface area contributed by atoms with Gasteiger partial charge in [0.15, 0.2) is 0 Å². The lowest BCUT2D eigenvalue weighted by molar-refractivity contribution is -0.0323. The van der Waals surface area contributed by atoms with Crippen LogP contribution in [-0.2, 0) is 9.57 Å². The number of methoxy groups -OCH3 is 1. The van der Waals surface area contributed by atoms with Crippen LogP contribution >= 0.6 is 0 Å². The lowest BCUT2D eigenvalue weighted by atomic mass is 10.2. The Labute approximate surface area is 72.8 Å². The molecule has 1 rings (SSSR count). The van der Waals surface area contributed by atoms with Gasteiger partial charge in [0, 0.05) is 7.11 Å².